The number of aromatic nitrogens is 2. The molecule has 1 fully saturated rings. The first-order valence-corrected chi connectivity index (χ1v) is 7.04. The van der Waals surface area contributed by atoms with Gasteiger partial charge in [0.15, 0.2) is 0 Å². The van der Waals surface area contributed by atoms with Crippen LogP contribution in [-0.2, 0) is 11.3 Å². The minimum atomic E-state index is 0.495. The Balaban J connectivity index is 1.68. The summed E-state index contributed by atoms with van der Waals surface area (Å²) in [6, 6.07) is 0. The Morgan fingerprint density at radius 2 is 2.39 bits per heavy atom. The maximum atomic E-state index is 6.15. The minimum absolute atomic E-state index is 0.495. The first-order chi connectivity index (χ1) is 8.66. The summed E-state index contributed by atoms with van der Waals surface area (Å²) in [6.45, 7) is 4.75. The summed E-state index contributed by atoms with van der Waals surface area (Å²) in [5.41, 5.74) is 1.88. The van der Waals surface area contributed by atoms with Crippen LogP contribution in [0, 0.1) is 6.92 Å². The van der Waals surface area contributed by atoms with Crippen LogP contribution >= 0.6 is 11.6 Å². The van der Waals surface area contributed by atoms with Crippen molar-refractivity contribution >= 4 is 11.6 Å². The van der Waals surface area contributed by atoms with Crippen LogP contribution in [0.1, 0.15) is 37.1 Å². The summed E-state index contributed by atoms with van der Waals surface area (Å²) >= 11 is 6.15. The monoisotopic (exact) mass is 271 g/mol. The van der Waals surface area contributed by atoms with Crippen molar-refractivity contribution in [2.75, 3.05) is 20.2 Å². The van der Waals surface area contributed by atoms with Gasteiger partial charge in [-0.1, -0.05) is 11.6 Å². The zero-order valence-corrected chi connectivity index (χ0v) is 12.0. The van der Waals surface area contributed by atoms with Gasteiger partial charge in [-0.15, -0.1) is 0 Å². The van der Waals surface area contributed by atoms with Gasteiger partial charge in [-0.3, -0.25) is 5.10 Å². The molecule has 1 atom stereocenters. The Kier molecular flexibility index (Phi) is 5.03. The summed E-state index contributed by atoms with van der Waals surface area (Å²) in [6.07, 6.45) is 5.28. The first kappa shape index (κ1) is 13.8. The van der Waals surface area contributed by atoms with Gasteiger partial charge < -0.3 is 9.64 Å². The average molecular weight is 272 g/mol. The lowest BCUT2D eigenvalue weighted by molar-refractivity contribution is 0.0995. The molecule has 102 valence electrons. The summed E-state index contributed by atoms with van der Waals surface area (Å²) in [4.78, 5) is 2.26. The van der Waals surface area contributed by atoms with Gasteiger partial charge in [0.2, 0.25) is 0 Å². The SMILES string of the molecule is Cc1[nH]nc(CN(C)CCCC2CCCO2)c1Cl. The topological polar surface area (TPSA) is 41.2 Å². The second-order valence-corrected chi connectivity index (χ2v) is 5.50. The number of halogens is 1. The highest BCUT2D eigenvalue weighted by atomic mass is 35.5. The number of hydrogen-bond donors (Lipinski definition) is 1. The van der Waals surface area contributed by atoms with Crippen LogP contribution in [0.25, 0.3) is 0 Å². The van der Waals surface area contributed by atoms with Gasteiger partial charge in [0.05, 0.1) is 22.5 Å². The predicted molar refractivity (Wildman–Crippen MR) is 72.9 cm³/mol. The fraction of sp³-hybridized carbons (Fsp3) is 0.769. The summed E-state index contributed by atoms with van der Waals surface area (Å²) in [7, 11) is 2.11. The zero-order chi connectivity index (χ0) is 13.0. The second-order valence-electron chi connectivity index (χ2n) is 5.12. The van der Waals surface area contributed by atoms with E-state index in [0.717, 1.165) is 42.5 Å². The Labute approximate surface area is 114 Å². The molecule has 0 spiro atoms. The third-order valence-corrected chi connectivity index (χ3v) is 3.95. The number of aromatic amines is 1. The maximum Gasteiger partial charge on any atom is 0.0951 e. The molecule has 1 aromatic rings. The summed E-state index contributed by atoms with van der Waals surface area (Å²) in [5, 5.41) is 7.90. The predicted octanol–water partition coefficient (Wildman–Crippen LogP) is 2.76. The standard InChI is InChI=1S/C13H22ClN3O/c1-10-13(14)12(16-15-10)9-17(2)7-3-5-11-6-4-8-18-11/h11H,3-9H2,1-2H3,(H,15,16). The van der Waals surface area contributed by atoms with E-state index in [9.17, 15) is 0 Å². The van der Waals surface area contributed by atoms with Crippen molar-refractivity contribution < 1.29 is 4.74 Å². The van der Waals surface area contributed by atoms with Crippen LogP contribution in [0.2, 0.25) is 5.02 Å². The highest BCUT2D eigenvalue weighted by molar-refractivity contribution is 6.31. The van der Waals surface area contributed by atoms with E-state index in [-0.39, 0.29) is 0 Å². The van der Waals surface area contributed by atoms with Gasteiger partial charge in [0.1, 0.15) is 0 Å². The van der Waals surface area contributed by atoms with E-state index in [4.69, 9.17) is 16.3 Å². The molecule has 0 aromatic carbocycles. The molecular weight excluding hydrogens is 250 g/mol. The van der Waals surface area contributed by atoms with E-state index in [2.05, 4.69) is 22.1 Å². The molecule has 0 amide bonds. The molecule has 0 bridgehead atoms. The van der Waals surface area contributed by atoms with Crippen molar-refractivity contribution in [2.24, 2.45) is 0 Å². The van der Waals surface area contributed by atoms with Crippen LogP contribution in [0.15, 0.2) is 0 Å². The van der Waals surface area contributed by atoms with Crippen molar-refractivity contribution in [1.82, 2.24) is 15.1 Å². The van der Waals surface area contributed by atoms with Gasteiger partial charge in [-0.2, -0.15) is 5.10 Å². The lowest BCUT2D eigenvalue weighted by atomic mass is 10.1. The zero-order valence-electron chi connectivity index (χ0n) is 11.2. The molecule has 18 heavy (non-hydrogen) atoms. The molecule has 0 radical (unpaired) electrons. The largest absolute Gasteiger partial charge is 0.378 e. The van der Waals surface area contributed by atoms with Crippen LogP contribution in [0.3, 0.4) is 0 Å². The minimum Gasteiger partial charge on any atom is -0.378 e. The summed E-state index contributed by atoms with van der Waals surface area (Å²) < 4.78 is 5.62. The quantitative estimate of drug-likeness (QED) is 0.865. The number of nitrogens with zero attached hydrogens (tertiary/aromatic N) is 2. The molecule has 1 aliphatic rings. The number of aryl methyl sites for hydroxylation is 1. The van der Waals surface area contributed by atoms with Crippen LogP contribution in [0.5, 0.6) is 0 Å². The van der Waals surface area contributed by atoms with Gasteiger partial charge in [-0.05, 0) is 46.2 Å². The maximum absolute atomic E-state index is 6.15. The lowest BCUT2D eigenvalue weighted by Gasteiger charge is -2.16. The molecule has 0 saturated carbocycles. The van der Waals surface area contributed by atoms with Crippen molar-refractivity contribution in [3.8, 4) is 0 Å². The third-order valence-electron chi connectivity index (χ3n) is 3.45. The molecule has 1 saturated heterocycles. The number of rotatable bonds is 6. The number of nitrogens with one attached hydrogen (secondary N) is 1. The Morgan fingerprint density at radius 1 is 1.56 bits per heavy atom. The summed E-state index contributed by atoms with van der Waals surface area (Å²) in [5.74, 6) is 0. The van der Waals surface area contributed by atoms with Crippen molar-refractivity contribution in [3.63, 3.8) is 0 Å². The highest BCUT2D eigenvalue weighted by Crippen LogP contribution is 2.19. The van der Waals surface area contributed by atoms with E-state index in [1.807, 2.05) is 6.92 Å². The smallest absolute Gasteiger partial charge is 0.0951 e. The van der Waals surface area contributed by atoms with E-state index in [1.54, 1.807) is 0 Å². The highest BCUT2D eigenvalue weighted by Gasteiger charge is 2.15. The molecule has 1 N–H and O–H groups in total. The fourth-order valence-electron chi connectivity index (χ4n) is 2.37. The van der Waals surface area contributed by atoms with Crippen molar-refractivity contribution in [2.45, 2.75) is 45.3 Å². The molecular formula is C13H22ClN3O. The Morgan fingerprint density at radius 3 is 3.00 bits per heavy atom. The Hall–Kier alpha value is -0.580. The molecule has 2 rings (SSSR count). The Bertz CT molecular complexity index is 374. The number of hydrogen-bond acceptors (Lipinski definition) is 3. The molecule has 1 aliphatic heterocycles. The first-order valence-electron chi connectivity index (χ1n) is 6.66. The fourth-order valence-corrected chi connectivity index (χ4v) is 2.51. The normalized spacial score (nSPS) is 19.9. The molecule has 5 heteroatoms. The average Bonchev–Trinajstić information content (AvgIpc) is 2.95. The van der Waals surface area contributed by atoms with Crippen LogP contribution in [0.4, 0.5) is 0 Å². The third kappa shape index (κ3) is 3.70. The van der Waals surface area contributed by atoms with E-state index in [0.29, 0.717) is 6.10 Å². The second kappa shape index (κ2) is 6.55. The van der Waals surface area contributed by atoms with Crippen LogP contribution < -0.4 is 0 Å². The number of ether oxygens (including phenoxy) is 1. The van der Waals surface area contributed by atoms with Gasteiger partial charge in [0, 0.05) is 13.2 Å². The molecule has 4 nitrogen and oxygen atoms in total. The molecule has 0 aliphatic carbocycles. The number of H-pyrrole nitrogens is 1. The lowest BCUT2D eigenvalue weighted by Crippen LogP contribution is -2.20. The van der Waals surface area contributed by atoms with Crippen LogP contribution in [-0.4, -0.2) is 41.4 Å². The molecule has 2 heterocycles. The van der Waals surface area contributed by atoms with Gasteiger partial charge >= 0.3 is 0 Å². The van der Waals surface area contributed by atoms with E-state index < -0.39 is 0 Å². The molecule has 1 aromatic heterocycles. The van der Waals surface area contributed by atoms with Crippen molar-refractivity contribution in [1.29, 1.82) is 0 Å². The van der Waals surface area contributed by atoms with E-state index >= 15 is 0 Å². The van der Waals surface area contributed by atoms with Gasteiger partial charge in [-0.25, -0.2) is 0 Å². The van der Waals surface area contributed by atoms with Gasteiger partial charge in [0.25, 0.3) is 0 Å². The molecule has 1 unspecified atom stereocenters. The van der Waals surface area contributed by atoms with E-state index in [1.165, 1.54) is 19.3 Å². The van der Waals surface area contributed by atoms with Crippen molar-refractivity contribution in [3.05, 3.63) is 16.4 Å².